The number of ketones is 1. The lowest BCUT2D eigenvalue weighted by atomic mass is 10.1. The molecule has 1 amide bonds. The highest BCUT2D eigenvalue weighted by atomic mass is 16.7. The van der Waals surface area contributed by atoms with Crippen LogP contribution >= 0.6 is 0 Å². The summed E-state index contributed by atoms with van der Waals surface area (Å²) < 4.78 is 20.8. The van der Waals surface area contributed by atoms with E-state index in [1.807, 2.05) is 19.1 Å². The van der Waals surface area contributed by atoms with E-state index in [9.17, 15) is 14.4 Å². The Morgan fingerprint density at radius 1 is 1.10 bits per heavy atom. The first-order valence-electron chi connectivity index (χ1n) is 8.91. The van der Waals surface area contributed by atoms with Crippen molar-refractivity contribution in [3.05, 3.63) is 47.0 Å². The molecule has 0 unspecified atom stereocenters. The highest BCUT2D eigenvalue weighted by Gasteiger charge is 2.21. The van der Waals surface area contributed by atoms with Gasteiger partial charge in [0.2, 0.25) is 6.79 Å². The van der Waals surface area contributed by atoms with Crippen molar-refractivity contribution in [1.82, 2.24) is 0 Å². The van der Waals surface area contributed by atoms with Crippen molar-refractivity contribution in [3.8, 4) is 17.2 Å². The number of anilines is 1. The van der Waals surface area contributed by atoms with Crippen molar-refractivity contribution in [1.29, 1.82) is 0 Å². The quantitative estimate of drug-likeness (QED) is 0.564. The topological polar surface area (TPSA) is 100 Å². The second kappa shape index (κ2) is 8.64. The summed E-state index contributed by atoms with van der Waals surface area (Å²) in [6.45, 7) is 2.84. The van der Waals surface area contributed by atoms with E-state index in [-0.39, 0.29) is 30.2 Å². The smallest absolute Gasteiger partial charge is 0.310 e. The summed E-state index contributed by atoms with van der Waals surface area (Å²) in [5.41, 5.74) is 2.19. The first-order valence-corrected chi connectivity index (χ1v) is 8.91. The molecule has 3 rings (SSSR count). The number of benzene rings is 2. The number of carbonyl (C=O) groups is 3. The molecule has 0 saturated carbocycles. The molecule has 8 nitrogen and oxygen atoms in total. The number of ether oxygens (including phenoxy) is 4. The summed E-state index contributed by atoms with van der Waals surface area (Å²) in [5.74, 6) is 0.0450. The second-order valence-corrected chi connectivity index (χ2v) is 6.51. The number of nitrogens with one attached hydrogen (secondary N) is 1. The van der Waals surface area contributed by atoms with E-state index in [1.54, 1.807) is 6.07 Å². The number of carbonyl (C=O) groups excluding carboxylic acids is 3. The first-order chi connectivity index (χ1) is 13.9. The van der Waals surface area contributed by atoms with E-state index in [0.29, 0.717) is 22.8 Å². The number of amides is 1. The number of esters is 1. The minimum absolute atomic E-state index is 0.0269. The lowest BCUT2D eigenvalue weighted by Gasteiger charge is -2.12. The third-order valence-corrected chi connectivity index (χ3v) is 4.30. The van der Waals surface area contributed by atoms with Crippen LogP contribution in [0.3, 0.4) is 0 Å². The third-order valence-electron chi connectivity index (χ3n) is 4.30. The molecule has 0 saturated heterocycles. The predicted molar refractivity (Wildman–Crippen MR) is 104 cm³/mol. The summed E-state index contributed by atoms with van der Waals surface area (Å²) in [5, 5.41) is 2.58. The molecule has 1 heterocycles. The van der Waals surface area contributed by atoms with E-state index >= 15 is 0 Å². The molecule has 1 N–H and O–H groups in total. The minimum Gasteiger partial charge on any atom is -0.496 e. The van der Waals surface area contributed by atoms with Crippen LogP contribution in [0, 0.1) is 6.92 Å². The molecule has 29 heavy (non-hydrogen) atoms. The molecule has 0 fully saturated rings. The Hall–Kier alpha value is -3.55. The van der Waals surface area contributed by atoms with Gasteiger partial charge in [-0.15, -0.1) is 0 Å². The van der Waals surface area contributed by atoms with Crippen LogP contribution in [0.2, 0.25) is 0 Å². The number of Topliss-reactive ketones (excluding diaryl/α,β-unsaturated/α-hetero) is 1. The predicted octanol–water partition coefficient (Wildman–Crippen LogP) is 2.66. The van der Waals surface area contributed by atoms with Gasteiger partial charge in [-0.25, -0.2) is 0 Å². The largest absolute Gasteiger partial charge is 0.496 e. The van der Waals surface area contributed by atoms with Gasteiger partial charge in [0.1, 0.15) is 5.75 Å². The summed E-state index contributed by atoms with van der Waals surface area (Å²) in [7, 11) is 1.52. The van der Waals surface area contributed by atoms with Crippen molar-refractivity contribution in [2.24, 2.45) is 0 Å². The number of methoxy groups -OCH3 is 1. The van der Waals surface area contributed by atoms with Gasteiger partial charge in [0, 0.05) is 17.2 Å². The molecule has 2 aromatic rings. The fourth-order valence-corrected chi connectivity index (χ4v) is 2.92. The summed E-state index contributed by atoms with van der Waals surface area (Å²) in [4.78, 5) is 36.2. The monoisotopic (exact) mass is 399 g/mol. The minimum atomic E-state index is -0.573. The van der Waals surface area contributed by atoms with Crippen molar-refractivity contribution in [2.45, 2.75) is 20.3 Å². The lowest BCUT2D eigenvalue weighted by molar-refractivity contribution is -0.146. The van der Waals surface area contributed by atoms with E-state index < -0.39 is 18.5 Å². The van der Waals surface area contributed by atoms with Gasteiger partial charge in [0.25, 0.3) is 5.91 Å². The summed E-state index contributed by atoms with van der Waals surface area (Å²) in [6, 6.07) is 8.49. The Bertz CT molecular complexity index is 968. The van der Waals surface area contributed by atoms with Gasteiger partial charge in [-0.05, 0) is 26.0 Å². The first kappa shape index (κ1) is 20.2. The fraction of sp³-hybridized carbons (Fsp3) is 0.286. The average molecular weight is 399 g/mol. The number of aryl methyl sites for hydroxylation is 1. The fourth-order valence-electron chi connectivity index (χ4n) is 2.92. The molecule has 0 atom stereocenters. The Kier molecular flexibility index (Phi) is 6.01. The van der Waals surface area contributed by atoms with Crippen LogP contribution in [-0.4, -0.2) is 38.2 Å². The Balaban J connectivity index is 1.61. The van der Waals surface area contributed by atoms with Gasteiger partial charge >= 0.3 is 5.97 Å². The maximum absolute atomic E-state index is 12.2. The maximum Gasteiger partial charge on any atom is 0.310 e. The molecule has 0 radical (unpaired) electrons. The van der Waals surface area contributed by atoms with E-state index in [4.69, 9.17) is 18.9 Å². The molecule has 0 aromatic heterocycles. The molecule has 0 aliphatic carbocycles. The number of fused-ring (bicyclic) bond motifs is 1. The number of hydrogen-bond donors (Lipinski definition) is 1. The number of rotatable bonds is 7. The summed E-state index contributed by atoms with van der Waals surface area (Å²) >= 11 is 0. The second-order valence-electron chi connectivity index (χ2n) is 6.51. The third kappa shape index (κ3) is 4.84. The van der Waals surface area contributed by atoms with Crippen molar-refractivity contribution < 1.29 is 33.3 Å². The zero-order valence-electron chi connectivity index (χ0n) is 16.4. The number of hydrogen-bond acceptors (Lipinski definition) is 7. The lowest BCUT2D eigenvalue weighted by Crippen LogP contribution is -2.22. The van der Waals surface area contributed by atoms with Crippen LogP contribution in [0.1, 0.15) is 28.4 Å². The van der Waals surface area contributed by atoms with Gasteiger partial charge in [-0.3, -0.25) is 14.4 Å². The normalized spacial score (nSPS) is 11.7. The van der Waals surface area contributed by atoms with Gasteiger partial charge in [-0.2, -0.15) is 0 Å². The van der Waals surface area contributed by atoms with Crippen molar-refractivity contribution in [3.63, 3.8) is 0 Å². The highest BCUT2D eigenvalue weighted by Crippen LogP contribution is 2.37. The molecular formula is C21H21NO7. The van der Waals surface area contributed by atoms with Gasteiger partial charge in [-0.1, -0.05) is 17.7 Å². The molecule has 1 aliphatic heterocycles. The van der Waals surface area contributed by atoms with E-state index in [2.05, 4.69) is 5.32 Å². The summed E-state index contributed by atoms with van der Waals surface area (Å²) in [6.07, 6.45) is -0.0269. The standard InChI is InChI=1S/C21H21NO7/c1-12-4-5-17(26-3)14(6-12)7-21(25)27-10-20(24)22-16-9-19-18(28-11-29-19)8-15(16)13(2)23/h4-6,8-9H,7,10-11H2,1-3H3,(H,22,24). The van der Waals surface area contributed by atoms with Gasteiger partial charge in [0.05, 0.1) is 19.2 Å². The highest BCUT2D eigenvalue weighted by molar-refractivity contribution is 6.05. The zero-order valence-corrected chi connectivity index (χ0v) is 16.4. The molecule has 2 aromatic carbocycles. The molecule has 0 spiro atoms. The molecular weight excluding hydrogens is 378 g/mol. The molecule has 8 heteroatoms. The molecule has 1 aliphatic rings. The van der Waals surface area contributed by atoms with Crippen LogP contribution in [0.4, 0.5) is 5.69 Å². The zero-order chi connectivity index (χ0) is 21.0. The van der Waals surface area contributed by atoms with Crippen molar-refractivity contribution >= 4 is 23.3 Å². The SMILES string of the molecule is COc1ccc(C)cc1CC(=O)OCC(=O)Nc1cc2c(cc1C(C)=O)OCO2. The maximum atomic E-state index is 12.2. The Morgan fingerprint density at radius 2 is 1.83 bits per heavy atom. The Labute approximate surface area is 167 Å². The molecule has 0 bridgehead atoms. The van der Waals surface area contributed by atoms with Gasteiger partial charge in [0.15, 0.2) is 23.9 Å². The van der Waals surface area contributed by atoms with Crippen LogP contribution in [0.25, 0.3) is 0 Å². The van der Waals surface area contributed by atoms with Gasteiger partial charge < -0.3 is 24.3 Å². The van der Waals surface area contributed by atoms with Crippen molar-refractivity contribution in [2.75, 3.05) is 25.8 Å². The van der Waals surface area contributed by atoms with Crippen LogP contribution in [-0.2, 0) is 20.7 Å². The molecule has 152 valence electrons. The van der Waals surface area contributed by atoms with E-state index in [1.165, 1.54) is 26.2 Å². The van der Waals surface area contributed by atoms with Crippen LogP contribution in [0.15, 0.2) is 30.3 Å². The Morgan fingerprint density at radius 3 is 2.52 bits per heavy atom. The van der Waals surface area contributed by atoms with Crippen LogP contribution < -0.4 is 19.5 Å². The van der Waals surface area contributed by atoms with Crippen LogP contribution in [0.5, 0.6) is 17.2 Å². The van der Waals surface area contributed by atoms with E-state index in [0.717, 1.165) is 5.56 Å². The average Bonchev–Trinajstić information content (AvgIpc) is 3.13.